The SMILES string of the molecule is CCCCn1c(S[C@H](CC)C(=O)NCc2ccc(C)cc2)nc2ccc(N3CCOCC3)cc2c1=O. The minimum Gasteiger partial charge on any atom is -0.378 e. The lowest BCUT2D eigenvalue weighted by Gasteiger charge is -2.29. The molecular formula is C28H36N4O3S. The van der Waals surface area contributed by atoms with Gasteiger partial charge in [-0.1, -0.05) is 61.9 Å². The van der Waals surface area contributed by atoms with Gasteiger partial charge in [0.25, 0.3) is 5.56 Å². The number of carbonyl (C=O) groups is 1. The molecule has 2 aromatic carbocycles. The number of fused-ring (bicyclic) bond motifs is 1. The molecule has 3 aromatic rings. The van der Waals surface area contributed by atoms with Crippen molar-refractivity contribution in [2.24, 2.45) is 0 Å². The summed E-state index contributed by atoms with van der Waals surface area (Å²) < 4.78 is 7.23. The standard InChI is InChI=1S/C28H36N4O3S/c1-4-6-13-32-27(34)23-18-22(31-14-16-35-17-15-31)11-12-24(23)30-28(32)36-25(5-2)26(33)29-19-21-9-7-20(3)8-10-21/h7-12,18,25H,4-6,13-17,19H2,1-3H3,(H,29,33)/t25-/m1/s1. The van der Waals surface area contributed by atoms with E-state index in [0.29, 0.717) is 48.8 Å². The van der Waals surface area contributed by atoms with Crippen LogP contribution in [-0.4, -0.2) is 47.0 Å². The first-order valence-corrected chi connectivity index (χ1v) is 13.7. The number of aromatic nitrogens is 2. The van der Waals surface area contributed by atoms with E-state index < -0.39 is 0 Å². The van der Waals surface area contributed by atoms with E-state index in [1.54, 1.807) is 4.57 Å². The van der Waals surface area contributed by atoms with Gasteiger partial charge in [-0.3, -0.25) is 14.2 Å². The van der Waals surface area contributed by atoms with Crippen molar-refractivity contribution in [3.63, 3.8) is 0 Å². The van der Waals surface area contributed by atoms with Crippen molar-refractivity contribution in [1.82, 2.24) is 14.9 Å². The first-order chi connectivity index (χ1) is 17.5. The highest BCUT2D eigenvalue weighted by Crippen LogP contribution is 2.27. The second-order valence-corrected chi connectivity index (χ2v) is 10.4. The predicted molar refractivity (Wildman–Crippen MR) is 147 cm³/mol. The van der Waals surface area contributed by atoms with Crippen molar-refractivity contribution in [1.29, 1.82) is 0 Å². The minimum atomic E-state index is -0.333. The lowest BCUT2D eigenvalue weighted by Crippen LogP contribution is -2.36. The fourth-order valence-electron chi connectivity index (χ4n) is 4.27. The summed E-state index contributed by atoms with van der Waals surface area (Å²) in [5.41, 5.74) is 3.90. The zero-order valence-corrected chi connectivity index (χ0v) is 22.3. The summed E-state index contributed by atoms with van der Waals surface area (Å²) >= 11 is 1.39. The summed E-state index contributed by atoms with van der Waals surface area (Å²) in [4.78, 5) is 33.8. The Kier molecular flexibility index (Phi) is 9.04. The van der Waals surface area contributed by atoms with Gasteiger partial charge in [0, 0.05) is 31.9 Å². The maximum atomic E-state index is 13.6. The molecule has 1 saturated heterocycles. The van der Waals surface area contributed by atoms with Crippen LogP contribution < -0.4 is 15.8 Å². The molecule has 1 fully saturated rings. The Bertz CT molecular complexity index is 1240. The van der Waals surface area contributed by atoms with E-state index in [1.165, 1.54) is 17.3 Å². The van der Waals surface area contributed by atoms with Crippen LogP contribution in [0.5, 0.6) is 0 Å². The molecule has 1 aliphatic heterocycles. The lowest BCUT2D eigenvalue weighted by atomic mass is 10.1. The number of thioether (sulfide) groups is 1. The first-order valence-electron chi connectivity index (χ1n) is 12.9. The summed E-state index contributed by atoms with van der Waals surface area (Å²) in [5, 5.41) is 3.95. The van der Waals surface area contributed by atoms with E-state index >= 15 is 0 Å². The summed E-state index contributed by atoms with van der Waals surface area (Å²) in [6, 6.07) is 14.1. The molecule has 1 atom stereocenters. The number of carbonyl (C=O) groups excluding carboxylic acids is 1. The fourth-order valence-corrected chi connectivity index (χ4v) is 5.33. The Morgan fingerprint density at radius 1 is 1.14 bits per heavy atom. The second-order valence-electron chi connectivity index (χ2n) is 9.22. The topological polar surface area (TPSA) is 76.5 Å². The Morgan fingerprint density at radius 2 is 1.89 bits per heavy atom. The van der Waals surface area contributed by atoms with Crippen LogP contribution in [0.2, 0.25) is 0 Å². The van der Waals surface area contributed by atoms with Gasteiger partial charge in [0.15, 0.2) is 5.16 Å². The zero-order valence-electron chi connectivity index (χ0n) is 21.5. The number of hydrogen-bond acceptors (Lipinski definition) is 6. The molecule has 1 N–H and O–H groups in total. The molecule has 0 unspecified atom stereocenters. The van der Waals surface area contributed by atoms with E-state index in [4.69, 9.17) is 9.72 Å². The molecule has 0 spiro atoms. The monoisotopic (exact) mass is 508 g/mol. The van der Waals surface area contributed by atoms with Crippen molar-refractivity contribution >= 4 is 34.3 Å². The molecule has 192 valence electrons. The minimum absolute atomic E-state index is 0.0397. The van der Waals surface area contributed by atoms with Crippen molar-refractivity contribution in [3.05, 3.63) is 63.9 Å². The van der Waals surface area contributed by atoms with Crippen molar-refractivity contribution in [2.75, 3.05) is 31.2 Å². The summed E-state index contributed by atoms with van der Waals surface area (Å²) in [6.45, 7) is 10.2. The van der Waals surface area contributed by atoms with Gasteiger partial charge in [0.05, 0.1) is 29.4 Å². The van der Waals surface area contributed by atoms with Gasteiger partial charge in [-0.15, -0.1) is 0 Å². The number of hydrogen-bond donors (Lipinski definition) is 1. The lowest BCUT2D eigenvalue weighted by molar-refractivity contribution is -0.120. The predicted octanol–water partition coefficient (Wildman–Crippen LogP) is 4.53. The molecule has 1 aromatic heterocycles. The van der Waals surface area contributed by atoms with E-state index in [-0.39, 0.29) is 16.7 Å². The van der Waals surface area contributed by atoms with Crippen LogP contribution >= 0.6 is 11.8 Å². The molecule has 0 saturated carbocycles. The van der Waals surface area contributed by atoms with Crippen molar-refractivity contribution in [3.8, 4) is 0 Å². The molecular weight excluding hydrogens is 472 g/mol. The Morgan fingerprint density at radius 3 is 2.58 bits per heavy atom. The van der Waals surface area contributed by atoms with Gasteiger partial charge in [-0.25, -0.2) is 4.98 Å². The van der Waals surface area contributed by atoms with E-state index in [1.807, 2.05) is 56.3 Å². The molecule has 4 rings (SSSR count). The number of amides is 1. The summed E-state index contributed by atoms with van der Waals surface area (Å²) in [5.74, 6) is -0.0397. The highest BCUT2D eigenvalue weighted by Gasteiger charge is 2.22. The van der Waals surface area contributed by atoms with Crippen molar-refractivity contribution < 1.29 is 9.53 Å². The number of morpholine rings is 1. The normalized spacial score (nSPS) is 14.7. The Balaban J connectivity index is 1.58. The summed E-state index contributed by atoms with van der Waals surface area (Å²) in [7, 11) is 0. The zero-order chi connectivity index (χ0) is 25.5. The van der Waals surface area contributed by atoms with E-state index in [2.05, 4.69) is 17.1 Å². The van der Waals surface area contributed by atoms with Gasteiger partial charge >= 0.3 is 0 Å². The molecule has 0 radical (unpaired) electrons. The van der Waals surface area contributed by atoms with Gasteiger partial charge in [0.1, 0.15) is 0 Å². The first kappa shape index (κ1) is 26.2. The second kappa shape index (κ2) is 12.4. The van der Waals surface area contributed by atoms with Crippen LogP contribution in [-0.2, 0) is 22.6 Å². The van der Waals surface area contributed by atoms with E-state index in [9.17, 15) is 9.59 Å². The van der Waals surface area contributed by atoms with Gasteiger partial charge in [0.2, 0.25) is 5.91 Å². The Hall–Kier alpha value is -2.84. The van der Waals surface area contributed by atoms with Crippen molar-refractivity contribution in [2.45, 2.75) is 63.5 Å². The maximum Gasteiger partial charge on any atom is 0.262 e. The highest BCUT2D eigenvalue weighted by molar-refractivity contribution is 8.00. The molecule has 1 amide bonds. The number of nitrogens with zero attached hydrogens (tertiary/aromatic N) is 3. The summed E-state index contributed by atoms with van der Waals surface area (Å²) in [6.07, 6.45) is 2.49. The largest absolute Gasteiger partial charge is 0.378 e. The number of benzene rings is 2. The Labute approximate surface area is 217 Å². The molecule has 36 heavy (non-hydrogen) atoms. The third-order valence-electron chi connectivity index (χ3n) is 6.51. The number of rotatable bonds is 10. The number of aryl methyl sites for hydroxylation is 1. The quantitative estimate of drug-likeness (QED) is 0.320. The smallest absolute Gasteiger partial charge is 0.262 e. The number of nitrogens with one attached hydrogen (secondary N) is 1. The average Bonchev–Trinajstić information content (AvgIpc) is 2.91. The van der Waals surface area contributed by atoms with Crippen LogP contribution in [0.4, 0.5) is 5.69 Å². The van der Waals surface area contributed by atoms with Gasteiger partial charge in [-0.2, -0.15) is 0 Å². The maximum absolute atomic E-state index is 13.6. The average molecular weight is 509 g/mol. The number of anilines is 1. The molecule has 0 aliphatic carbocycles. The van der Waals surface area contributed by atoms with Crippen LogP contribution in [0, 0.1) is 6.92 Å². The number of unbranched alkanes of at least 4 members (excludes halogenated alkanes) is 1. The molecule has 0 bridgehead atoms. The third-order valence-corrected chi connectivity index (χ3v) is 7.87. The van der Waals surface area contributed by atoms with E-state index in [0.717, 1.165) is 37.2 Å². The molecule has 8 heteroatoms. The van der Waals surface area contributed by atoms with Crippen LogP contribution in [0.25, 0.3) is 10.9 Å². The molecule has 1 aliphatic rings. The highest BCUT2D eigenvalue weighted by atomic mass is 32.2. The van der Waals surface area contributed by atoms with Gasteiger partial charge in [-0.05, 0) is 43.5 Å². The fraction of sp³-hybridized carbons (Fsp3) is 0.464. The molecule has 2 heterocycles. The third kappa shape index (κ3) is 6.28. The van der Waals surface area contributed by atoms with Gasteiger partial charge < -0.3 is 15.0 Å². The molecule has 7 nitrogen and oxygen atoms in total. The number of ether oxygens (including phenoxy) is 1. The van der Waals surface area contributed by atoms with Crippen LogP contribution in [0.1, 0.15) is 44.2 Å². The van der Waals surface area contributed by atoms with Crippen LogP contribution in [0.3, 0.4) is 0 Å². The van der Waals surface area contributed by atoms with Crippen LogP contribution in [0.15, 0.2) is 52.4 Å².